The van der Waals surface area contributed by atoms with Crippen LogP contribution in [0.4, 0.5) is 5.69 Å². The fourth-order valence-electron chi connectivity index (χ4n) is 2.90. The number of rotatable bonds is 2. The van der Waals surface area contributed by atoms with Crippen molar-refractivity contribution in [1.82, 2.24) is 0 Å². The molecule has 0 spiro atoms. The first kappa shape index (κ1) is 13.5. The summed E-state index contributed by atoms with van der Waals surface area (Å²) in [5.41, 5.74) is 1.84. The van der Waals surface area contributed by atoms with Crippen molar-refractivity contribution in [1.29, 1.82) is 0 Å². The molecule has 0 saturated carbocycles. The van der Waals surface area contributed by atoms with Crippen LogP contribution in [0.25, 0.3) is 21.5 Å². The summed E-state index contributed by atoms with van der Waals surface area (Å²) in [6.45, 7) is 0. The van der Waals surface area contributed by atoms with Crippen LogP contribution in [0.5, 0.6) is 5.75 Å². The van der Waals surface area contributed by atoms with Crippen molar-refractivity contribution >= 4 is 33.4 Å². The van der Waals surface area contributed by atoms with Gasteiger partial charge in [-0.3, -0.25) is 4.99 Å². The molecule has 0 heterocycles. The highest BCUT2D eigenvalue weighted by Gasteiger charge is 2.05. The molecule has 0 aromatic heterocycles. The van der Waals surface area contributed by atoms with Gasteiger partial charge in [0.1, 0.15) is 5.75 Å². The number of hydrogen-bond acceptors (Lipinski definition) is 2. The molecule has 0 unspecified atom stereocenters. The number of nitrogens with zero attached hydrogens (tertiary/aromatic N) is 1. The first-order valence-corrected chi connectivity index (χ1v) is 7.55. The maximum Gasteiger partial charge on any atom is 0.117 e. The van der Waals surface area contributed by atoms with E-state index in [1.54, 1.807) is 18.2 Å². The summed E-state index contributed by atoms with van der Waals surface area (Å²) in [5, 5.41) is 14.3. The van der Waals surface area contributed by atoms with Gasteiger partial charge >= 0.3 is 0 Å². The summed E-state index contributed by atoms with van der Waals surface area (Å²) in [7, 11) is 0. The third-order valence-corrected chi connectivity index (χ3v) is 3.99. The third kappa shape index (κ3) is 2.55. The molecule has 0 atom stereocenters. The Labute approximate surface area is 134 Å². The fraction of sp³-hybridized carbons (Fsp3) is 0. The van der Waals surface area contributed by atoms with Crippen molar-refractivity contribution in [3.8, 4) is 5.75 Å². The Hall–Kier alpha value is -3.13. The van der Waals surface area contributed by atoms with E-state index in [9.17, 15) is 5.11 Å². The van der Waals surface area contributed by atoms with E-state index in [4.69, 9.17) is 0 Å². The Kier molecular flexibility index (Phi) is 3.28. The molecule has 23 heavy (non-hydrogen) atoms. The number of phenolic OH excluding ortho intramolecular Hbond substituents is 1. The second-order valence-corrected chi connectivity index (χ2v) is 5.51. The van der Waals surface area contributed by atoms with Gasteiger partial charge < -0.3 is 5.11 Å². The Balaban J connectivity index is 1.96. The van der Waals surface area contributed by atoms with Crippen LogP contribution >= 0.6 is 0 Å². The molecule has 0 aliphatic carbocycles. The standard InChI is InChI=1S/C21H15NO/c23-18-9-5-8-17(13-18)22-14-21-19-10-3-1-6-15(19)12-16-7-2-4-11-20(16)21/h1-14,23H. The molecule has 110 valence electrons. The van der Waals surface area contributed by atoms with Crippen LogP contribution in [0.1, 0.15) is 5.56 Å². The first-order chi connectivity index (χ1) is 11.3. The molecule has 4 rings (SSSR count). The molecule has 0 amide bonds. The van der Waals surface area contributed by atoms with Gasteiger partial charge in [0.25, 0.3) is 0 Å². The van der Waals surface area contributed by atoms with Crippen molar-refractivity contribution in [2.24, 2.45) is 4.99 Å². The first-order valence-electron chi connectivity index (χ1n) is 7.55. The molecule has 0 bridgehead atoms. The third-order valence-electron chi connectivity index (χ3n) is 3.99. The van der Waals surface area contributed by atoms with E-state index in [1.165, 1.54) is 21.5 Å². The van der Waals surface area contributed by atoms with Gasteiger partial charge in [0.15, 0.2) is 0 Å². The predicted octanol–water partition coefficient (Wildman–Crippen LogP) is 5.45. The lowest BCUT2D eigenvalue weighted by Crippen LogP contribution is -1.88. The highest BCUT2D eigenvalue weighted by molar-refractivity contribution is 6.13. The normalized spacial score (nSPS) is 11.5. The Morgan fingerprint density at radius 2 is 1.35 bits per heavy atom. The molecule has 2 heteroatoms. The summed E-state index contributed by atoms with van der Waals surface area (Å²) >= 11 is 0. The van der Waals surface area contributed by atoms with Crippen LogP contribution in [0.15, 0.2) is 83.9 Å². The maximum atomic E-state index is 9.58. The Morgan fingerprint density at radius 3 is 2.00 bits per heavy atom. The van der Waals surface area contributed by atoms with Gasteiger partial charge in [-0.25, -0.2) is 0 Å². The average molecular weight is 297 g/mol. The lowest BCUT2D eigenvalue weighted by molar-refractivity contribution is 0.475. The molecule has 2 nitrogen and oxygen atoms in total. The van der Waals surface area contributed by atoms with E-state index in [0.29, 0.717) is 0 Å². The summed E-state index contributed by atoms with van der Waals surface area (Å²) in [4.78, 5) is 4.55. The van der Waals surface area contributed by atoms with E-state index in [0.717, 1.165) is 11.3 Å². The molecule has 0 aliphatic rings. The van der Waals surface area contributed by atoms with Gasteiger partial charge in [-0.2, -0.15) is 0 Å². The SMILES string of the molecule is Oc1cccc(N=Cc2c3ccccc3cc3ccccc23)c1. The van der Waals surface area contributed by atoms with Crippen LogP contribution in [0.2, 0.25) is 0 Å². The molecule has 4 aromatic carbocycles. The Bertz CT molecular complexity index is 980. The van der Waals surface area contributed by atoms with E-state index >= 15 is 0 Å². The molecule has 0 saturated heterocycles. The molecular weight excluding hydrogens is 282 g/mol. The van der Waals surface area contributed by atoms with Crippen LogP contribution in [-0.2, 0) is 0 Å². The topological polar surface area (TPSA) is 32.6 Å². The van der Waals surface area contributed by atoms with Gasteiger partial charge in [-0.15, -0.1) is 0 Å². The molecule has 0 aliphatic heterocycles. The predicted molar refractivity (Wildman–Crippen MR) is 96.8 cm³/mol. The van der Waals surface area contributed by atoms with Crippen LogP contribution < -0.4 is 0 Å². The zero-order valence-electron chi connectivity index (χ0n) is 12.5. The largest absolute Gasteiger partial charge is 0.508 e. The lowest BCUT2D eigenvalue weighted by Gasteiger charge is -2.07. The van der Waals surface area contributed by atoms with Crippen molar-refractivity contribution in [3.63, 3.8) is 0 Å². The fourth-order valence-corrected chi connectivity index (χ4v) is 2.90. The van der Waals surface area contributed by atoms with Gasteiger partial charge in [0.2, 0.25) is 0 Å². The van der Waals surface area contributed by atoms with Crippen LogP contribution in [0, 0.1) is 0 Å². The number of hydrogen-bond donors (Lipinski definition) is 1. The highest BCUT2D eigenvalue weighted by Crippen LogP contribution is 2.28. The molecule has 0 radical (unpaired) electrons. The number of benzene rings is 4. The van der Waals surface area contributed by atoms with Gasteiger partial charge in [-0.1, -0.05) is 54.6 Å². The van der Waals surface area contributed by atoms with Gasteiger partial charge in [0.05, 0.1) is 5.69 Å². The smallest absolute Gasteiger partial charge is 0.117 e. The van der Waals surface area contributed by atoms with Gasteiger partial charge in [0, 0.05) is 17.8 Å². The number of aliphatic imine (C=N–C) groups is 1. The quantitative estimate of drug-likeness (QED) is 0.387. The monoisotopic (exact) mass is 297 g/mol. The molecular formula is C21H15NO. The number of phenols is 1. The van der Waals surface area contributed by atoms with Crippen molar-refractivity contribution in [3.05, 3.63) is 84.4 Å². The second kappa shape index (κ2) is 5.58. The van der Waals surface area contributed by atoms with E-state index in [2.05, 4.69) is 35.3 Å². The van der Waals surface area contributed by atoms with Crippen molar-refractivity contribution < 1.29 is 5.11 Å². The highest BCUT2D eigenvalue weighted by atomic mass is 16.3. The summed E-state index contributed by atoms with van der Waals surface area (Å²) in [5.74, 6) is 0.224. The minimum atomic E-state index is 0.224. The minimum Gasteiger partial charge on any atom is -0.508 e. The van der Waals surface area contributed by atoms with E-state index in [-0.39, 0.29) is 5.75 Å². The van der Waals surface area contributed by atoms with E-state index in [1.807, 2.05) is 36.5 Å². The zero-order valence-corrected chi connectivity index (χ0v) is 12.5. The second-order valence-electron chi connectivity index (χ2n) is 5.51. The summed E-state index contributed by atoms with van der Waals surface area (Å²) in [6.07, 6.45) is 1.89. The van der Waals surface area contributed by atoms with Crippen LogP contribution in [0.3, 0.4) is 0 Å². The summed E-state index contributed by atoms with van der Waals surface area (Å²) < 4.78 is 0. The van der Waals surface area contributed by atoms with E-state index < -0.39 is 0 Å². The molecule has 0 fully saturated rings. The van der Waals surface area contributed by atoms with Crippen molar-refractivity contribution in [2.75, 3.05) is 0 Å². The number of fused-ring (bicyclic) bond motifs is 2. The summed E-state index contributed by atoms with van der Waals surface area (Å²) in [6, 6.07) is 25.8. The maximum absolute atomic E-state index is 9.58. The average Bonchev–Trinajstić information content (AvgIpc) is 2.58. The minimum absolute atomic E-state index is 0.224. The molecule has 1 N–H and O–H groups in total. The molecule has 4 aromatic rings. The lowest BCUT2D eigenvalue weighted by atomic mass is 9.97. The number of aromatic hydroxyl groups is 1. The van der Waals surface area contributed by atoms with Crippen LogP contribution in [-0.4, -0.2) is 11.3 Å². The van der Waals surface area contributed by atoms with Gasteiger partial charge in [-0.05, 0) is 39.7 Å². The zero-order chi connectivity index (χ0) is 15.6. The Morgan fingerprint density at radius 1 is 0.696 bits per heavy atom. The van der Waals surface area contributed by atoms with Crippen molar-refractivity contribution in [2.45, 2.75) is 0 Å².